The van der Waals surface area contributed by atoms with Crippen molar-refractivity contribution < 1.29 is 106 Å². The van der Waals surface area contributed by atoms with Gasteiger partial charge in [0.25, 0.3) is 0 Å². The maximum absolute atomic E-state index is 4.94. The molecule has 3 radical (unpaired) electrons. The van der Waals surface area contributed by atoms with Crippen molar-refractivity contribution in [2.24, 2.45) is 0 Å². The first-order chi connectivity index (χ1) is 24.8. The summed E-state index contributed by atoms with van der Waals surface area (Å²) in [4.78, 5) is 0. The Bertz CT molecular complexity index is 697. The molecule has 0 N–H and O–H groups in total. The van der Waals surface area contributed by atoms with Crippen LogP contribution in [0.2, 0.25) is 157 Å². The van der Waals surface area contributed by atoms with Gasteiger partial charge in [-0.2, -0.15) is 0 Å². The Kier molecular flexibility index (Phi) is 86.0. The molecule has 4 saturated heterocycles. The Morgan fingerprint density at radius 2 is 0.308 bits per heavy atom. The van der Waals surface area contributed by atoms with Crippen LogP contribution in [0, 0.1) is 0 Å². The molecule has 0 saturated carbocycles. The number of nitrogens with zero attached hydrogens (tertiary/aromatic N) is 4. The topological polar surface area (TPSA) is 93.3 Å². The van der Waals surface area contributed by atoms with Gasteiger partial charge in [0.15, 0.2) is 0 Å². The van der Waals surface area contributed by atoms with E-state index in [1.807, 2.05) is 0 Å². The summed E-state index contributed by atoms with van der Waals surface area (Å²) in [7, 11) is -8.85. The Morgan fingerprint density at radius 3 is 0.323 bits per heavy atom. The summed E-state index contributed by atoms with van der Waals surface area (Å²) in [5.74, 6) is 0. The van der Waals surface area contributed by atoms with Gasteiger partial charge in [-0.3, -0.25) is 0 Å². The molecule has 0 aromatic heterocycles. The van der Waals surface area contributed by atoms with Crippen molar-refractivity contribution in [1.29, 1.82) is 0 Å². The standard InChI is InChI=1S/4C6H18NSi2.4C4H8O.4Fe.Li.4S/c4*1-8(2,3)7-9(4,5)6;4*1-2-4-5-3-1;;;;;;;;;/h4*1-6H3;4*1-4H2;;;;;;;;;/q4*-1;;;;;+2;3*+3;+1;4*-2. The van der Waals surface area contributed by atoms with E-state index < -0.39 is 65.9 Å². The number of hydrogen-bond donors (Lipinski definition) is 0. The van der Waals surface area contributed by atoms with E-state index >= 15 is 0 Å². The second-order valence-electron chi connectivity index (χ2n) is 23.1. The molecule has 0 aromatic carbocycles. The van der Waals surface area contributed by atoms with Crippen LogP contribution in [0.4, 0.5) is 0 Å². The van der Waals surface area contributed by atoms with Crippen LogP contribution in [-0.2, 0) is 141 Å². The van der Waals surface area contributed by atoms with Crippen molar-refractivity contribution in [3.8, 4) is 0 Å². The van der Waals surface area contributed by atoms with Gasteiger partial charge in [-0.1, -0.05) is 223 Å². The number of hydrogen-bond acceptors (Lipinski definition) is 4. The Hall–Kier alpha value is 5.49. The predicted octanol–water partition coefficient (Wildman–Crippen LogP) is 12.3. The second-order valence-corrected chi connectivity index (χ2v) is 61.4. The molecule has 397 valence electrons. The molecule has 4 fully saturated rings. The van der Waals surface area contributed by atoms with Crippen LogP contribution < -0.4 is 18.9 Å². The average Bonchev–Trinajstić information content (AvgIpc) is 3.75. The van der Waals surface area contributed by atoms with Gasteiger partial charge in [0.1, 0.15) is 0 Å². The van der Waals surface area contributed by atoms with E-state index in [-0.39, 0.29) is 141 Å². The molecular weight excluding hydrogens is 1180 g/mol. The summed E-state index contributed by atoms with van der Waals surface area (Å²) in [5, 5.41) is 0. The van der Waals surface area contributed by atoms with Gasteiger partial charge >= 0.3 is 87.1 Å². The Labute approximate surface area is 500 Å². The minimum Gasteiger partial charge on any atom is -2.00 e. The van der Waals surface area contributed by atoms with E-state index in [0.29, 0.717) is 0 Å². The average molecular weight is 1290 g/mol. The molecule has 4 aliphatic rings. The van der Waals surface area contributed by atoms with Gasteiger partial charge < -0.3 is 91.5 Å². The van der Waals surface area contributed by atoms with E-state index in [2.05, 4.69) is 157 Å². The predicted molar refractivity (Wildman–Crippen MR) is 310 cm³/mol. The first kappa shape index (κ1) is 103. The normalized spacial score (nSPS) is 15.1. The minimum atomic E-state index is -1.11. The summed E-state index contributed by atoms with van der Waals surface area (Å²) in [5.41, 5.74) is 0. The maximum atomic E-state index is 4.94. The van der Waals surface area contributed by atoms with E-state index in [1.54, 1.807) is 0 Å². The van der Waals surface area contributed by atoms with Gasteiger partial charge in [-0.15, -0.1) is 0 Å². The van der Waals surface area contributed by atoms with Crippen molar-refractivity contribution in [2.75, 3.05) is 52.9 Å². The smallest absolute Gasteiger partial charge is 2.00 e. The zero-order valence-electron chi connectivity index (χ0n) is 46.8. The van der Waals surface area contributed by atoms with Crippen LogP contribution in [0.5, 0.6) is 0 Å². The summed E-state index contributed by atoms with van der Waals surface area (Å²) < 4.78 is 39.1. The van der Waals surface area contributed by atoms with Gasteiger partial charge in [0.05, 0.1) is 0 Å². The largest absolute Gasteiger partial charge is 3.00 e. The molecule has 0 aliphatic carbocycles. The van der Waals surface area contributed by atoms with Gasteiger partial charge in [0, 0.05) is 52.9 Å². The van der Waals surface area contributed by atoms with Crippen LogP contribution >= 0.6 is 0 Å². The first-order valence-corrected chi connectivity index (χ1v) is 49.7. The molecule has 0 amide bonds. The van der Waals surface area contributed by atoms with Crippen molar-refractivity contribution in [3.05, 3.63) is 18.6 Å². The SMILES string of the molecule is C1CCOC1.C1CCOC1.C1CCOC1.C1CCOC1.C[Si](C)(C)[N-][Si](C)(C)C.C[Si](C)(C)[N-][Si](C)(C)C.C[Si](C)(C)[N-][Si](C)(C)C.C[Si](C)(C)[N-][Si](C)(C)C.[Fe+2].[Fe+3].[Fe+3].[Fe+3].[Li+].[S-2].[S-2].[S-2].[S-2]. The molecule has 4 heterocycles. The minimum absolute atomic E-state index is 0. The van der Waals surface area contributed by atoms with Crippen LogP contribution in [-0.4, -0.2) is 119 Å². The number of rotatable bonds is 8. The van der Waals surface area contributed by atoms with E-state index in [1.165, 1.54) is 51.4 Å². The summed E-state index contributed by atoms with van der Waals surface area (Å²) in [6, 6.07) is 0. The molecular formula is C40H104Fe4LiN4O4S4Si8. The van der Waals surface area contributed by atoms with Crippen molar-refractivity contribution in [2.45, 2.75) is 208 Å². The molecule has 8 nitrogen and oxygen atoms in total. The Morgan fingerprint density at radius 1 is 0.231 bits per heavy atom. The monoisotopic (exact) mass is 1290 g/mol. The van der Waals surface area contributed by atoms with Crippen LogP contribution in [0.1, 0.15) is 51.4 Å². The zero-order valence-corrected chi connectivity index (χ0v) is 62.5. The van der Waals surface area contributed by atoms with Gasteiger partial charge in [-0.25, -0.2) is 0 Å². The van der Waals surface area contributed by atoms with Crippen LogP contribution in [0.3, 0.4) is 0 Å². The maximum Gasteiger partial charge on any atom is 3.00 e. The van der Waals surface area contributed by atoms with Crippen molar-refractivity contribution in [1.82, 2.24) is 0 Å². The quantitative estimate of drug-likeness (QED) is 0.226. The third-order valence-electron chi connectivity index (χ3n) is 5.99. The fourth-order valence-electron chi connectivity index (χ4n) is 6.07. The van der Waals surface area contributed by atoms with Crippen LogP contribution in [0.25, 0.3) is 18.6 Å². The molecule has 65 heavy (non-hydrogen) atoms. The molecule has 0 bridgehead atoms. The molecule has 0 spiro atoms. The van der Waals surface area contributed by atoms with Crippen LogP contribution in [0.15, 0.2) is 0 Å². The fourth-order valence-corrected chi connectivity index (χ4v) is 38.3. The third-order valence-corrected chi connectivity index (χ3v) is 27.5. The Balaban J connectivity index is -0.0000000428. The molecule has 0 atom stereocenters. The third kappa shape index (κ3) is 129. The summed E-state index contributed by atoms with van der Waals surface area (Å²) >= 11 is 0. The molecule has 25 heteroatoms. The molecule has 4 rings (SSSR count). The first-order valence-electron chi connectivity index (χ1n) is 22.1. The van der Waals surface area contributed by atoms with E-state index in [0.717, 1.165) is 52.9 Å². The molecule has 4 aliphatic heterocycles. The fraction of sp³-hybridized carbons (Fsp3) is 1.00. The van der Waals surface area contributed by atoms with Crippen molar-refractivity contribution in [3.63, 3.8) is 0 Å². The molecule has 0 unspecified atom stereocenters. The van der Waals surface area contributed by atoms with E-state index in [4.69, 9.17) is 37.5 Å². The summed E-state index contributed by atoms with van der Waals surface area (Å²) in [6.07, 6.45) is 10.2. The number of ether oxygens (including phenoxy) is 4. The zero-order chi connectivity index (χ0) is 45.0. The summed E-state index contributed by atoms with van der Waals surface area (Å²) in [6.45, 7) is 63.1. The molecule has 0 aromatic rings. The van der Waals surface area contributed by atoms with Gasteiger partial charge in [-0.05, 0) is 51.4 Å². The van der Waals surface area contributed by atoms with Gasteiger partial charge in [0.2, 0.25) is 0 Å². The second kappa shape index (κ2) is 54.3. The van der Waals surface area contributed by atoms with Crippen molar-refractivity contribution >= 4 is 120 Å². The van der Waals surface area contributed by atoms with E-state index in [9.17, 15) is 0 Å².